The Morgan fingerprint density at radius 2 is 1.76 bits per heavy atom. The molecule has 2 unspecified atom stereocenters. The lowest BCUT2D eigenvalue weighted by molar-refractivity contribution is -0.130. The smallest absolute Gasteiger partial charge is 0.260 e. The summed E-state index contributed by atoms with van der Waals surface area (Å²) in [6, 6.07) is 21.3. The van der Waals surface area contributed by atoms with Crippen molar-refractivity contribution in [1.29, 1.82) is 0 Å². The first-order chi connectivity index (χ1) is 18.0. The Morgan fingerprint density at radius 3 is 2.51 bits per heavy atom. The number of halogens is 2. The van der Waals surface area contributed by atoms with E-state index in [1.54, 1.807) is 42.1 Å². The van der Waals surface area contributed by atoms with Gasteiger partial charge in [-0.25, -0.2) is 4.39 Å². The Labute approximate surface area is 225 Å². The Morgan fingerprint density at radius 1 is 1.03 bits per heavy atom. The van der Waals surface area contributed by atoms with Crippen molar-refractivity contribution in [1.82, 2.24) is 10.2 Å². The predicted octanol–water partition coefficient (Wildman–Crippen LogP) is 6.84. The van der Waals surface area contributed by atoms with Gasteiger partial charge in [0.1, 0.15) is 5.82 Å². The molecule has 37 heavy (non-hydrogen) atoms. The molecule has 4 nitrogen and oxygen atoms in total. The van der Waals surface area contributed by atoms with E-state index in [-0.39, 0.29) is 23.7 Å². The van der Waals surface area contributed by atoms with E-state index < -0.39 is 0 Å². The van der Waals surface area contributed by atoms with Crippen LogP contribution in [0.15, 0.2) is 77.7 Å². The summed E-state index contributed by atoms with van der Waals surface area (Å²) in [5.74, 6) is -0.446. The third kappa shape index (κ3) is 6.08. The average molecular weight is 535 g/mol. The van der Waals surface area contributed by atoms with Crippen molar-refractivity contribution in [2.45, 2.75) is 50.1 Å². The van der Waals surface area contributed by atoms with Crippen molar-refractivity contribution in [2.75, 3.05) is 0 Å². The maximum absolute atomic E-state index is 13.6. The topological polar surface area (TPSA) is 49.4 Å². The van der Waals surface area contributed by atoms with Crippen LogP contribution in [-0.2, 0) is 17.9 Å². The molecule has 1 saturated heterocycles. The number of hydrogen-bond donors (Lipinski definition) is 1. The fraction of sp³-hybridized carbons (Fsp3) is 0.267. The number of nitrogens with one attached hydrogen (secondary N) is 1. The third-order valence-corrected chi connectivity index (χ3v) is 8.72. The second-order valence-electron chi connectivity index (χ2n) is 9.47. The normalized spacial score (nSPS) is 20.5. The largest absolute Gasteiger partial charge is 0.348 e. The van der Waals surface area contributed by atoms with Crippen LogP contribution in [0.4, 0.5) is 4.39 Å². The molecule has 1 saturated carbocycles. The van der Waals surface area contributed by atoms with Crippen LogP contribution in [0.25, 0.3) is 6.08 Å². The SMILES string of the molecule is O=C(NCc1ccccc1Cl)c1ccc(/C=C2/SC3CCCCC3N(Cc3ccc(F)cc3)C2=O)cc1. The van der Waals surface area contributed by atoms with Crippen LogP contribution in [-0.4, -0.2) is 28.0 Å². The van der Waals surface area contributed by atoms with E-state index in [0.29, 0.717) is 33.8 Å². The Hall–Kier alpha value is -3.09. The first-order valence-corrected chi connectivity index (χ1v) is 13.8. The lowest BCUT2D eigenvalue weighted by Crippen LogP contribution is -2.50. The highest BCUT2D eigenvalue weighted by Crippen LogP contribution is 2.42. The zero-order valence-corrected chi connectivity index (χ0v) is 21.9. The van der Waals surface area contributed by atoms with Gasteiger partial charge in [0.15, 0.2) is 0 Å². The first-order valence-electron chi connectivity index (χ1n) is 12.5. The van der Waals surface area contributed by atoms with Gasteiger partial charge in [-0.2, -0.15) is 0 Å². The zero-order chi connectivity index (χ0) is 25.8. The van der Waals surface area contributed by atoms with Gasteiger partial charge in [-0.15, -0.1) is 11.8 Å². The number of fused-ring (bicyclic) bond motifs is 1. The molecule has 2 fully saturated rings. The van der Waals surface area contributed by atoms with Crippen LogP contribution in [0.5, 0.6) is 0 Å². The van der Waals surface area contributed by atoms with Crippen LogP contribution >= 0.6 is 23.4 Å². The fourth-order valence-electron chi connectivity index (χ4n) is 4.95. The molecule has 0 spiro atoms. The van der Waals surface area contributed by atoms with Crippen LogP contribution in [0.3, 0.4) is 0 Å². The number of hydrogen-bond acceptors (Lipinski definition) is 3. The molecule has 1 N–H and O–H groups in total. The van der Waals surface area contributed by atoms with Crippen LogP contribution in [0.1, 0.15) is 52.7 Å². The molecule has 0 aromatic heterocycles. The summed E-state index contributed by atoms with van der Waals surface area (Å²) >= 11 is 7.85. The lowest BCUT2D eigenvalue weighted by atomic mass is 9.92. The van der Waals surface area contributed by atoms with Gasteiger partial charge in [0, 0.05) is 35.0 Å². The highest BCUT2D eigenvalue weighted by molar-refractivity contribution is 8.04. The molecule has 2 atom stereocenters. The van der Waals surface area contributed by atoms with Gasteiger partial charge in [-0.1, -0.05) is 66.9 Å². The molecule has 0 bridgehead atoms. The summed E-state index contributed by atoms with van der Waals surface area (Å²) in [6.45, 7) is 0.824. The van der Waals surface area contributed by atoms with Crippen molar-refractivity contribution in [3.05, 3.63) is 111 Å². The second-order valence-corrected chi connectivity index (χ2v) is 11.2. The Kier molecular flexibility index (Phi) is 7.96. The van der Waals surface area contributed by atoms with Crippen molar-refractivity contribution in [2.24, 2.45) is 0 Å². The molecule has 3 aromatic rings. The van der Waals surface area contributed by atoms with Crippen molar-refractivity contribution >= 4 is 41.3 Å². The molecule has 2 aliphatic rings. The van der Waals surface area contributed by atoms with Crippen molar-refractivity contribution in [3.8, 4) is 0 Å². The van der Waals surface area contributed by atoms with Crippen molar-refractivity contribution < 1.29 is 14.0 Å². The number of amides is 2. The van der Waals surface area contributed by atoms with E-state index in [1.165, 1.54) is 12.1 Å². The first kappa shape index (κ1) is 25.6. The van der Waals surface area contributed by atoms with Gasteiger partial charge in [0.2, 0.25) is 0 Å². The van der Waals surface area contributed by atoms with Gasteiger partial charge in [-0.3, -0.25) is 9.59 Å². The number of carbonyl (C=O) groups is 2. The molecule has 3 aromatic carbocycles. The molecule has 0 radical (unpaired) electrons. The van der Waals surface area contributed by atoms with E-state index in [2.05, 4.69) is 5.32 Å². The Balaban J connectivity index is 1.30. The molecule has 1 aliphatic carbocycles. The predicted molar refractivity (Wildman–Crippen MR) is 148 cm³/mol. The van der Waals surface area contributed by atoms with Gasteiger partial charge < -0.3 is 10.2 Å². The minimum absolute atomic E-state index is 0.0130. The van der Waals surface area contributed by atoms with Gasteiger partial charge in [-0.05, 0) is 65.9 Å². The molecular formula is C30H28ClFN2O2S. The Bertz CT molecular complexity index is 1310. The molecule has 5 rings (SSSR count). The maximum Gasteiger partial charge on any atom is 0.260 e. The fourth-order valence-corrected chi connectivity index (χ4v) is 6.63. The van der Waals surface area contributed by atoms with Gasteiger partial charge in [0.05, 0.1) is 4.91 Å². The minimum Gasteiger partial charge on any atom is -0.348 e. The summed E-state index contributed by atoms with van der Waals surface area (Å²) in [5.41, 5.74) is 3.20. The molecule has 1 aliphatic heterocycles. The van der Waals surface area contributed by atoms with E-state index in [1.807, 2.05) is 41.3 Å². The number of thioether (sulfide) groups is 1. The van der Waals surface area contributed by atoms with Gasteiger partial charge in [0.25, 0.3) is 11.8 Å². The van der Waals surface area contributed by atoms with E-state index in [0.717, 1.165) is 42.4 Å². The minimum atomic E-state index is -0.276. The molecule has 7 heteroatoms. The van der Waals surface area contributed by atoms with E-state index in [9.17, 15) is 14.0 Å². The lowest BCUT2D eigenvalue weighted by Gasteiger charge is -2.44. The van der Waals surface area contributed by atoms with Gasteiger partial charge >= 0.3 is 0 Å². The highest BCUT2D eigenvalue weighted by atomic mass is 35.5. The summed E-state index contributed by atoms with van der Waals surface area (Å²) < 4.78 is 13.4. The number of nitrogens with zero attached hydrogens (tertiary/aromatic N) is 1. The third-order valence-electron chi connectivity index (χ3n) is 6.95. The van der Waals surface area contributed by atoms with Crippen LogP contribution in [0, 0.1) is 5.82 Å². The summed E-state index contributed by atoms with van der Waals surface area (Å²) in [5, 5.41) is 3.87. The maximum atomic E-state index is 13.6. The number of rotatable bonds is 6. The number of carbonyl (C=O) groups excluding carboxylic acids is 2. The molecule has 1 heterocycles. The second kappa shape index (κ2) is 11.5. The molecule has 2 amide bonds. The summed E-state index contributed by atoms with van der Waals surface area (Å²) in [7, 11) is 0. The molecular weight excluding hydrogens is 507 g/mol. The van der Waals surface area contributed by atoms with Crippen molar-refractivity contribution in [3.63, 3.8) is 0 Å². The summed E-state index contributed by atoms with van der Waals surface area (Å²) in [6.07, 6.45) is 6.27. The quantitative estimate of drug-likeness (QED) is 0.352. The van der Waals surface area contributed by atoms with E-state index >= 15 is 0 Å². The van der Waals surface area contributed by atoms with E-state index in [4.69, 9.17) is 11.6 Å². The summed E-state index contributed by atoms with van der Waals surface area (Å²) in [4.78, 5) is 28.9. The van der Waals surface area contributed by atoms with Crippen LogP contribution < -0.4 is 5.32 Å². The monoisotopic (exact) mass is 534 g/mol. The zero-order valence-electron chi connectivity index (χ0n) is 20.3. The molecule has 190 valence electrons. The number of benzene rings is 3. The average Bonchev–Trinajstić information content (AvgIpc) is 2.92. The van der Waals surface area contributed by atoms with Crippen LogP contribution in [0.2, 0.25) is 5.02 Å². The highest BCUT2D eigenvalue weighted by Gasteiger charge is 2.40. The standard InChI is InChI=1S/C30H28ClFN2O2S/c31-25-6-2-1-5-23(25)18-33-29(35)22-13-9-20(10-14-22)17-28-30(36)34(19-21-11-15-24(32)16-12-21)26-7-3-4-8-27(26)37-28/h1-2,5-6,9-17,26-27H,3-4,7-8,18-19H2,(H,33,35)/b28-17+.